The van der Waals surface area contributed by atoms with Crippen molar-refractivity contribution in [2.75, 3.05) is 4.90 Å². The van der Waals surface area contributed by atoms with Crippen molar-refractivity contribution < 1.29 is 4.52 Å². The van der Waals surface area contributed by atoms with Gasteiger partial charge < -0.3 is 9.42 Å². The van der Waals surface area contributed by atoms with Crippen molar-refractivity contribution in [2.24, 2.45) is 0 Å². The maximum atomic E-state index is 5.68. The molecule has 0 spiro atoms. The van der Waals surface area contributed by atoms with Gasteiger partial charge in [-0.2, -0.15) is 0 Å². The second kappa shape index (κ2) is 8.53. The van der Waals surface area contributed by atoms with Crippen LogP contribution < -0.4 is 4.90 Å². The molecule has 0 bridgehead atoms. The molecular weight excluding hydrogens is 356 g/mol. The van der Waals surface area contributed by atoms with Gasteiger partial charge in [-0.1, -0.05) is 61.9 Å². The Morgan fingerprint density at radius 3 is 2.28 bits per heavy atom. The predicted octanol–water partition coefficient (Wildman–Crippen LogP) is 6.73. The molecule has 2 fully saturated rings. The van der Waals surface area contributed by atoms with Crippen LogP contribution in [-0.2, 0) is 12.8 Å². The van der Waals surface area contributed by atoms with E-state index in [-0.39, 0.29) is 0 Å². The van der Waals surface area contributed by atoms with Crippen LogP contribution >= 0.6 is 0 Å². The molecule has 3 aliphatic rings. The third-order valence-electron chi connectivity index (χ3n) is 7.90. The summed E-state index contributed by atoms with van der Waals surface area (Å²) in [7, 11) is 0. The Labute approximate surface area is 175 Å². The van der Waals surface area contributed by atoms with Gasteiger partial charge in [0.1, 0.15) is 17.6 Å². The highest BCUT2D eigenvalue weighted by atomic mass is 16.5. The first-order chi connectivity index (χ1) is 14.3. The summed E-state index contributed by atoms with van der Waals surface area (Å²) in [5.74, 6) is 0.493. The second-order valence-corrected chi connectivity index (χ2v) is 9.73. The predicted molar refractivity (Wildman–Crippen MR) is 119 cm³/mol. The highest BCUT2D eigenvalue weighted by molar-refractivity contribution is 5.53. The normalized spacial score (nSPS) is 23.7. The molecule has 3 aliphatic carbocycles. The maximum Gasteiger partial charge on any atom is 0.147 e. The lowest BCUT2D eigenvalue weighted by atomic mass is 9.80. The van der Waals surface area contributed by atoms with Crippen molar-refractivity contribution >= 4 is 5.69 Å². The number of rotatable bonds is 4. The fraction of sp³-hybridized carbons (Fsp3) is 0.654. The Hall–Kier alpha value is -1.77. The fourth-order valence-electron chi connectivity index (χ4n) is 6.36. The van der Waals surface area contributed by atoms with Gasteiger partial charge in [0.25, 0.3) is 0 Å². The summed E-state index contributed by atoms with van der Waals surface area (Å²) in [5, 5.41) is 4.63. The SMILES string of the molecule is Cc1cccc2c1CCC(c1nocc1N(C1CCCCC1)C1CCCCC1)C2. The fourth-order valence-corrected chi connectivity index (χ4v) is 6.36. The Morgan fingerprint density at radius 1 is 0.897 bits per heavy atom. The number of hydrogen-bond donors (Lipinski definition) is 0. The zero-order chi connectivity index (χ0) is 19.6. The van der Waals surface area contributed by atoms with Gasteiger partial charge in [0.2, 0.25) is 0 Å². The van der Waals surface area contributed by atoms with E-state index in [2.05, 4.69) is 35.2 Å². The van der Waals surface area contributed by atoms with E-state index in [4.69, 9.17) is 4.52 Å². The summed E-state index contributed by atoms with van der Waals surface area (Å²) in [6.45, 7) is 2.26. The van der Waals surface area contributed by atoms with Crippen LogP contribution in [0.25, 0.3) is 0 Å². The summed E-state index contributed by atoms with van der Waals surface area (Å²) < 4.78 is 5.68. The quantitative estimate of drug-likeness (QED) is 0.578. The van der Waals surface area contributed by atoms with Gasteiger partial charge in [0.15, 0.2) is 0 Å². The van der Waals surface area contributed by atoms with Gasteiger partial charge in [-0.05, 0) is 68.6 Å². The number of hydrogen-bond acceptors (Lipinski definition) is 3. The van der Waals surface area contributed by atoms with Crippen LogP contribution in [0.1, 0.15) is 98.9 Å². The van der Waals surface area contributed by atoms with Crippen molar-refractivity contribution in [1.82, 2.24) is 5.16 Å². The lowest BCUT2D eigenvalue weighted by Gasteiger charge is -2.43. The number of fused-ring (bicyclic) bond motifs is 1. The first kappa shape index (κ1) is 19.2. The standard InChI is InChI=1S/C26H36N2O/c1-19-9-8-10-20-17-21(15-16-24(19)20)26-25(18-29-27-26)28(22-11-4-2-5-12-22)23-13-6-3-7-14-23/h8-10,18,21-23H,2-7,11-17H2,1H3. The largest absolute Gasteiger partial charge is 0.362 e. The molecule has 1 unspecified atom stereocenters. The molecule has 0 amide bonds. The van der Waals surface area contributed by atoms with E-state index < -0.39 is 0 Å². The molecule has 2 aromatic rings. The smallest absolute Gasteiger partial charge is 0.147 e. The third-order valence-corrected chi connectivity index (χ3v) is 7.90. The lowest BCUT2D eigenvalue weighted by Crippen LogP contribution is -2.45. The molecule has 5 rings (SSSR count). The van der Waals surface area contributed by atoms with Gasteiger partial charge in [-0.3, -0.25) is 0 Å². The van der Waals surface area contributed by atoms with Crippen LogP contribution in [0, 0.1) is 6.92 Å². The molecule has 0 N–H and O–H groups in total. The van der Waals surface area contributed by atoms with Crippen LogP contribution in [0.5, 0.6) is 0 Å². The Kier molecular flexibility index (Phi) is 5.65. The van der Waals surface area contributed by atoms with Gasteiger partial charge in [0.05, 0.1) is 0 Å². The van der Waals surface area contributed by atoms with Crippen LogP contribution in [0.4, 0.5) is 5.69 Å². The molecule has 0 aliphatic heterocycles. The zero-order valence-electron chi connectivity index (χ0n) is 18.0. The average Bonchev–Trinajstić information content (AvgIpc) is 3.25. The molecule has 1 atom stereocenters. The van der Waals surface area contributed by atoms with E-state index in [0.717, 1.165) is 6.42 Å². The molecule has 0 radical (unpaired) electrons. The van der Waals surface area contributed by atoms with Gasteiger partial charge in [-0.25, -0.2) is 0 Å². The third kappa shape index (κ3) is 3.85. The number of anilines is 1. The Bertz CT molecular complexity index is 796. The topological polar surface area (TPSA) is 29.3 Å². The molecular formula is C26H36N2O. The molecule has 29 heavy (non-hydrogen) atoms. The van der Waals surface area contributed by atoms with E-state index in [1.54, 1.807) is 5.56 Å². The van der Waals surface area contributed by atoms with Crippen molar-refractivity contribution in [3.63, 3.8) is 0 Å². The first-order valence-electron chi connectivity index (χ1n) is 12.1. The summed E-state index contributed by atoms with van der Waals surface area (Å²) in [5.41, 5.74) is 7.13. The summed E-state index contributed by atoms with van der Waals surface area (Å²) in [6.07, 6.45) is 19.2. The Balaban J connectivity index is 1.45. The summed E-state index contributed by atoms with van der Waals surface area (Å²) in [6, 6.07) is 8.17. The minimum absolute atomic E-state index is 0.493. The van der Waals surface area contributed by atoms with E-state index in [0.29, 0.717) is 18.0 Å². The van der Waals surface area contributed by atoms with E-state index in [9.17, 15) is 0 Å². The first-order valence-corrected chi connectivity index (χ1v) is 12.1. The molecule has 0 saturated heterocycles. The highest BCUT2D eigenvalue weighted by Gasteiger charge is 2.34. The number of aromatic nitrogens is 1. The Morgan fingerprint density at radius 2 is 1.59 bits per heavy atom. The van der Waals surface area contributed by atoms with Crippen LogP contribution in [-0.4, -0.2) is 17.2 Å². The van der Waals surface area contributed by atoms with Crippen molar-refractivity contribution in [1.29, 1.82) is 0 Å². The minimum Gasteiger partial charge on any atom is -0.362 e. The van der Waals surface area contributed by atoms with E-state index >= 15 is 0 Å². The summed E-state index contributed by atoms with van der Waals surface area (Å²) in [4.78, 5) is 2.80. The zero-order valence-corrected chi connectivity index (χ0v) is 18.0. The van der Waals surface area contributed by atoms with Gasteiger partial charge in [0, 0.05) is 18.0 Å². The molecule has 1 aromatic heterocycles. The monoisotopic (exact) mass is 392 g/mol. The van der Waals surface area contributed by atoms with Gasteiger partial charge >= 0.3 is 0 Å². The van der Waals surface area contributed by atoms with E-state index in [1.807, 2.05) is 6.26 Å². The van der Waals surface area contributed by atoms with Crippen molar-refractivity contribution in [2.45, 2.75) is 108 Å². The lowest BCUT2D eigenvalue weighted by molar-refractivity contribution is 0.338. The molecule has 156 valence electrons. The number of benzene rings is 1. The van der Waals surface area contributed by atoms with Crippen molar-refractivity contribution in [3.05, 3.63) is 46.8 Å². The molecule has 1 aromatic carbocycles. The molecule has 2 saturated carbocycles. The van der Waals surface area contributed by atoms with Crippen LogP contribution in [0.15, 0.2) is 29.0 Å². The molecule has 1 heterocycles. The number of aryl methyl sites for hydroxylation is 1. The van der Waals surface area contributed by atoms with Crippen molar-refractivity contribution in [3.8, 4) is 0 Å². The number of nitrogens with zero attached hydrogens (tertiary/aromatic N) is 2. The van der Waals surface area contributed by atoms with Gasteiger partial charge in [-0.15, -0.1) is 0 Å². The maximum absolute atomic E-state index is 5.68. The average molecular weight is 393 g/mol. The second-order valence-electron chi connectivity index (χ2n) is 9.73. The van der Waals surface area contributed by atoms with Crippen LogP contribution in [0.3, 0.4) is 0 Å². The van der Waals surface area contributed by atoms with Crippen LogP contribution in [0.2, 0.25) is 0 Å². The highest BCUT2D eigenvalue weighted by Crippen LogP contribution is 2.41. The molecule has 3 nitrogen and oxygen atoms in total. The van der Waals surface area contributed by atoms with E-state index in [1.165, 1.54) is 99.6 Å². The molecule has 3 heteroatoms. The summed E-state index contributed by atoms with van der Waals surface area (Å²) >= 11 is 0. The minimum atomic E-state index is 0.493.